The summed E-state index contributed by atoms with van der Waals surface area (Å²) in [6.45, 7) is 8.25. The molecule has 70 heavy (non-hydrogen) atoms. The number of aromatic nitrogens is 1. The highest BCUT2D eigenvalue weighted by molar-refractivity contribution is 7.90. The molecule has 4 heterocycles. The van der Waals surface area contributed by atoms with Gasteiger partial charge in [0.15, 0.2) is 0 Å². The van der Waals surface area contributed by atoms with Crippen LogP contribution in [-0.4, -0.2) is 131 Å². The molecule has 0 radical (unpaired) electrons. The van der Waals surface area contributed by atoms with Crippen molar-refractivity contribution in [2.45, 2.75) is 55.6 Å². The molecule has 0 spiro atoms. The fraction of sp³-hybridized carbons (Fsp3) is 0.377. The van der Waals surface area contributed by atoms with Crippen LogP contribution in [0.1, 0.15) is 52.7 Å². The minimum atomic E-state index is -4.53. The van der Waals surface area contributed by atoms with Crippen molar-refractivity contribution < 1.29 is 27.6 Å². The number of nitro groups is 1. The summed E-state index contributed by atoms with van der Waals surface area (Å²) in [5.41, 5.74) is 6.82. The highest BCUT2D eigenvalue weighted by Crippen LogP contribution is 2.35. The number of anilines is 2. The van der Waals surface area contributed by atoms with Crippen LogP contribution in [0.3, 0.4) is 0 Å². The number of piperazine rings is 1. The van der Waals surface area contributed by atoms with Crippen molar-refractivity contribution in [2.24, 2.45) is 0 Å². The maximum absolute atomic E-state index is 14.2. The molecule has 3 aliphatic heterocycles. The van der Waals surface area contributed by atoms with E-state index in [-0.39, 0.29) is 27.9 Å². The second kappa shape index (κ2) is 22.0. The molecule has 1 aromatic heterocycles. The number of aromatic amines is 1. The number of likely N-dealkylation sites (tertiary alicyclic amines) is 1. The smallest absolute Gasteiger partial charge is 0.293 e. The standard InChI is InChI=1S/C53H61ClN8O7S/c1-58(2)29-32-69-52-8-4-6-45(37-9-11-40(54)12-10-37)48(52)36-59-25-27-61(28-26-59)43-13-15-47(39(34-43)33-38-5-3-7-49-46(38)17-22-55-49)53(63)57-70(66,67)44-14-16-50(51(35-44)62(64)65)56-41-18-23-60(24-19-41)42-20-30-68-31-21-42/h3-17,22,34-35,41-42,55-56H,18-21,23-33,36H2,1-2H3,(H,57,63). The molecule has 9 rings (SSSR count). The van der Waals surface area contributed by atoms with Crippen LogP contribution in [0.5, 0.6) is 5.75 Å². The zero-order chi connectivity index (χ0) is 48.8. The van der Waals surface area contributed by atoms with Crippen LogP contribution >= 0.6 is 11.6 Å². The highest BCUT2D eigenvalue weighted by atomic mass is 35.5. The Morgan fingerprint density at radius 3 is 2.39 bits per heavy atom. The lowest BCUT2D eigenvalue weighted by Gasteiger charge is -2.39. The summed E-state index contributed by atoms with van der Waals surface area (Å²) in [4.78, 5) is 38.2. The number of piperidine rings is 1. The van der Waals surface area contributed by atoms with E-state index >= 15 is 0 Å². The number of likely N-dealkylation sites (N-methyl/N-ethyl adjacent to an activating group) is 1. The zero-order valence-electron chi connectivity index (χ0n) is 39.7. The van der Waals surface area contributed by atoms with Gasteiger partial charge in [0.05, 0.1) is 9.82 Å². The molecule has 5 aromatic carbocycles. The Morgan fingerprint density at radius 2 is 1.64 bits per heavy atom. The molecule has 3 fully saturated rings. The molecule has 1 amide bonds. The number of hydrogen-bond donors (Lipinski definition) is 3. The number of halogens is 1. The van der Waals surface area contributed by atoms with E-state index in [1.807, 2.05) is 93.1 Å². The Labute approximate surface area is 414 Å². The van der Waals surface area contributed by atoms with Crippen LogP contribution < -0.4 is 19.7 Å². The van der Waals surface area contributed by atoms with Crippen molar-refractivity contribution in [3.63, 3.8) is 0 Å². The maximum Gasteiger partial charge on any atom is 0.293 e. The van der Waals surface area contributed by atoms with Gasteiger partial charge < -0.3 is 34.5 Å². The average Bonchev–Trinajstić information content (AvgIpc) is 3.86. The molecule has 368 valence electrons. The largest absolute Gasteiger partial charge is 0.492 e. The molecular formula is C53H61ClN8O7S. The van der Waals surface area contributed by atoms with Gasteiger partial charge in [0, 0.05) is 123 Å². The summed E-state index contributed by atoms with van der Waals surface area (Å²) >= 11 is 6.28. The van der Waals surface area contributed by atoms with Crippen molar-refractivity contribution in [3.05, 3.63) is 147 Å². The lowest BCUT2D eigenvalue weighted by molar-refractivity contribution is -0.384. The van der Waals surface area contributed by atoms with Crippen LogP contribution in [0, 0.1) is 10.1 Å². The van der Waals surface area contributed by atoms with E-state index in [0.29, 0.717) is 49.3 Å². The number of nitrogens with one attached hydrogen (secondary N) is 3. The number of nitro benzene ring substituents is 1. The lowest BCUT2D eigenvalue weighted by atomic mass is 9.96. The van der Waals surface area contributed by atoms with Crippen LogP contribution in [-0.2, 0) is 27.7 Å². The predicted octanol–water partition coefficient (Wildman–Crippen LogP) is 8.42. The fourth-order valence-corrected chi connectivity index (χ4v) is 11.1. The van der Waals surface area contributed by atoms with Gasteiger partial charge in [-0.25, -0.2) is 13.1 Å². The summed E-state index contributed by atoms with van der Waals surface area (Å²) < 4.78 is 42.1. The Morgan fingerprint density at radius 1 is 0.886 bits per heavy atom. The number of hydrogen-bond acceptors (Lipinski definition) is 12. The Kier molecular flexibility index (Phi) is 15.4. The van der Waals surface area contributed by atoms with Crippen LogP contribution in [0.2, 0.25) is 5.02 Å². The summed E-state index contributed by atoms with van der Waals surface area (Å²) in [7, 11) is -0.477. The van der Waals surface area contributed by atoms with Gasteiger partial charge in [0.2, 0.25) is 0 Å². The van der Waals surface area contributed by atoms with Gasteiger partial charge >= 0.3 is 0 Å². The van der Waals surface area contributed by atoms with Crippen molar-refractivity contribution in [1.82, 2.24) is 24.4 Å². The number of fused-ring (bicyclic) bond motifs is 1. The van der Waals surface area contributed by atoms with E-state index in [4.69, 9.17) is 21.1 Å². The molecule has 0 unspecified atom stereocenters. The van der Waals surface area contributed by atoms with Crippen LogP contribution in [0.25, 0.3) is 22.0 Å². The third kappa shape index (κ3) is 11.6. The van der Waals surface area contributed by atoms with Crippen LogP contribution in [0.15, 0.2) is 114 Å². The summed E-state index contributed by atoms with van der Waals surface area (Å²) in [5.74, 6) is 0.0336. The summed E-state index contributed by atoms with van der Waals surface area (Å²) in [6, 6.07) is 31.8. The van der Waals surface area contributed by atoms with E-state index in [0.717, 1.165) is 122 Å². The highest BCUT2D eigenvalue weighted by Gasteiger charge is 2.30. The maximum atomic E-state index is 14.2. The monoisotopic (exact) mass is 988 g/mol. The number of amides is 1. The minimum absolute atomic E-state index is 0.00564. The number of nitrogens with zero attached hydrogens (tertiary/aromatic N) is 5. The quantitative estimate of drug-likeness (QED) is 0.0591. The minimum Gasteiger partial charge on any atom is -0.492 e. The first-order valence-electron chi connectivity index (χ1n) is 24.1. The Balaban J connectivity index is 0.917. The molecular weight excluding hydrogens is 928 g/mol. The zero-order valence-corrected chi connectivity index (χ0v) is 41.3. The molecule has 3 N–H and O–H groups in total. The first kappa shape index (κ1) is 49.0. The van der Waals surface area contributed by atoms with E-state index in [1.165, 1.54) is 12.1 Å². The van der Waals surface area contributed by atoms with Crippen molar-refractivity contribution in [2.75, 3.05) is 89.9 Å². The Hall–Kier alpha value is -6.01. The second-order valence-electron chi connectivity index (χ2n) is 18.7. The van der Waals surface area contributed by atoms with Gasteiger partial charge in [-0.15, -0.1) is 0 Å². The molecule has 17 heteroatoms. The number of carbonyl (C=O) groups excluding carboxylic acids is 1. The van der Waals surface area contributed by atoms with Crippen LogP contribution in [0.4, 0.5) is 17.1 Å². The SMILES string of the molecule is CN(C)CCOc1cccc(-c2ccc(Cl)cc2)c1CN1CCN(c2ccc(C(=O)NS(=O)(=O)c3ccc(NC4CCN(C5CCOCC5)CC4)c([N+](=O)[O-])c3)c(Cc3cccc4[nH]ccc34)c2)CC1. The Bertz CT molecular complexity index is 2910. The van der Waals surface area contributed by atoms with Gasteiger partial charge in [-0.3, -0.25) is 19.8 Å². The topological polar surface area (TPSA) is 166 Å². The van der Waals surface area contributed by atoms with E-state index in [9.17, 15) is 23.3 Å². The van der Waals surface area contributed by atoms with E-state index in [2.05, 4.69) is 40.7 Å². The molecule has 6 aromatic rings. The second-order valence-corrected chi connectivity index (χ2v) is 20.9. The van der Waals surface area contributed by atoms with Crippen molar-refractivity contribution >= 4 is 55.5 Å². The fourth-order valence-electron chi connectivity index (χ4n) is 10.0. The molecule has 15 nitrogen and oxygen atoms in total. The van der Waals surface area contributed by atoms with Gasteiger partial charge in [-0.2, -0.15) is 0 Å². The molecule has 3 saturated heterocycles. The number of rotatable bonds is 17. The first-order valence-corrected chi connectivity index (χ1v) is 26.0. The molecule has 0 bridgehead atoms. The average molecular weight is 990 g/mol. The number of carbonyl (C=O) groups is 1. The number of ether oxygens (including phenoxy) is 2. The normalized spacial score (nSPS) is 16.7. The van der Waals surface area contributed by atoms with E-state index in [1.54, 1.807) is 6.07 Å². The number of H-pyrrole nitrogens is 1. The van der Waals surface area contributed by atoms with E-state index < -0.39 is 20.9 Å². The lowest BCUT2D eigenvalue weighted by Crippen LogP contribution is -2.46. The molecule has 0 atom stereocenters. The molecule has 0 aliphatic carbocycles. The van der Waals surface area contributed by atoms with Gasteiger partial charge in [0.25, 0.3) is 21.6 Å². The third-order valence-corrected chi connectivity index (χ3v) is 15.5. The van der Waals surface area contributed by atoms with Gasteiger partial charge in [-0.05, 0) is 129 Å². The third-order valence-electron chi connectivity index (χ3n) is 13.9. The molecule has 3 aliphatic rings. The van der Waals surface area contributed by atoms with Gasteiger partial charge in [-0.1, -0.05) is 48.0 Å². The number of sulfonamides is 1. The van der Waals surface area contributed by atoms with Gasteiger partial charge in [0.1, 0.15) is 18.0 Å². The summed E-state index contributed by atoms with van der Waals surface area (Å²) in [6.07, 6.45) is 5.83. The number of benzene rings is 5. The molecule has 0 saturated carbocycles. The summed E-state index contributed by atoms with van der Waals surface area (Å²) in [5, 5.41) is 17.4. The first-order chi connectivity index (χ1) is 33.9. The van der Waals surface area contributed by atoms with Crippen molar-refractivity contribution in [1.29, 1.82) is 0 Å². The van der Waals surface area contributed by atoms with Crippen molar-refractivity contribution in [3.8, 4) is 16.9 Å². The predicted molar refractivity (Wildman–Crippen MR) is 276 cm³/mol.